The van der Waals surface area contributed by atoms with E-state index in [1.807, 2.05) is 24.3 Å². The number of carbonyl (C=O) groups excluding carboxylic acids is 3. The van der Waals surface area contributed by atoms with Gasteiger partial charge in [0.1, 0.15) is 6.04 Å². The summed E-state index contributed by atoms with van der Waals surface area (Å²) in [5, 5.41) is 2.63. The third kappa shape index (κ3) is 3.97. The van der Waals surface area contributed by atoms with E-state index in [9.17, 15) is 14.4 Å². The number of benzene rings is 1. The highest BCUT2D eigenvalue weighted by molar-refractivity contribution is 5.92. The molecule has 122 valence electrons. The summed E-state index contributed by atoms with van der Waals surface area (Å²) in [6, 6.07) is 7.27. The Labute approximate surface area is 135 Å². The standard InChI is InChI=1S/C17H21N3O3/c1-4-16(22)19(3)11-15(21)18-12(2)17(23)20-9-13-7-5-6-8-14(13)10-20/h4-8,12H,1,9-11H2,2-3H3,(H,18,21)/t12-/m1/s1. The Morgan fingerprint density at radius 2 is 1.87 bits per heavy atom. The molecular weight excluding hydrogens is 294 g/mol. The third-order valence-corrected chi connectivity index (χ3v) is 3.83. The van der Waals surface area contributed by atoms with Gasteiger partial charge in [-0.1, -0.05) is 30.8 Å². The molecule has 0 saturated carbocycles. The van der Waals surface area contributed by atoms with E-state index in [4.69, 9.17) is 0 Å². The minimum absolute atomic E-state index is 0.108. The molecule has 0 saturated heterocycles. The van der Waals surface area contributed by atoms with Crippen molar-refractivity contribution in [2.45, 2.75) is 26.1 Å². The third-order valence-electron chi connectivity index (χ3n) is 3.83. The summed E-state index contributed by atoms with van der Waals surface area (Å²) in [5.41, 5.74) is 2.27. The van der Waals surface area contributed by atoms with E-state index in [1.165, 1.54) is 11.9 Å². The number of hydrogen-bond acceptors (Lipinski definition) is 3. The molecule has 1 aliphatic heterocycles. The molecule has 1 N–H and O–H groups in total. The SMILES string of the molecule is C=CC(=O)N(C)CC(=O)N[C@H](C)C(=O)N1Cc2ccccc2C1. The molecule has 6 heteroatoms. The minimum atomic E-state index is -0.635. The molecule has 23 heavy (non-hydrogen) atoms. The number of carbonyl (C=O) groups is 3. The van der Waals surface area contributed by atoms with Crippen LogP contribution in [-0.2, 0) is 27.5 Å². The van der Waals surface area contributed by atoms with Gasteiger partial charge in [-0.05, 0) is 24.1 Å². The first-order chi connectivity index (χ1) is 10.9. The van der Waals surface area contributed by atoms with Gasteiger partial charge in [0.05, 0.1) is 6.54 Å². The monoisotopic (exact) mass is 315 g/mol. The molecule has 1 aromatic rings. The van der Waals surface area contributed by atoms with Gasteiger partial charge in [0, 0.05) is 20.1 Å². The zero-order valence-electron chi connectivity index (χ0n) is 13.4. The van der Waals surface area contributed by atoms with Crippen LogP contribution in [0.25, 0.3) is 0 Å². The van der Waals surface area contributed by atoms with Crippen molar-refractivity contribution in [1.82, 2.24) is 15.1 Å². The summed E-state index contributed by atoms with van der Waals surface area (Å²) in [4.78, 5) is 38.7. The molecule has 1 heterocycles. The Balaban J connectivity index is 1.88. The molecule has 0 aromatic heterocycles. The van der Waals surface area contributed by atoms with Crippen LogP contribution in [0, 0.1) is 0 Å². The Hall–Kier alpha value is -2.63. The van der Waals surface area contributed by atoms with Crippen LogP contribution in [0.5, 0.6) is 0 Å². The normalized spacial score (nSPS) is 13.9. The van der Waals surface area contributed by atoms with Crippen molar-refractivity contribution in [3.05, 3.63) is 48.0 Å². The number of likely N-dealkylation sites (N-methyl/N-ethyl adjacent to an activating group) is 1. The predicted octanol–water partition coefficient (Wildman–Crippen LogP) is 0.678. The fourth-order valence-electron chi connectivity index (χ4n) is 2.56. The summed E-state index contributed by atoms with van der Waals surface area (Å²) in [6.45, 7) is 6.03. The summed E-state index contributed by atoms with van der Waals surface area (Å²) in [5.74, 6) is -0.846. The molecule has 0 aliphatic carbocycles. The molecule has 6 nitrogen and oxygen atoms in total. The van der Waals surface area contributed by atoms with Crippen molar-refractivity contribution in [3.63, 3.8) is 0 Å². The number of amides is 3. The Morgan fingerprint density at radius 1 is 1.30 bits per heavy atom. The van der Waals surface area contributed by atoms with Crippen molar-refractivity contribution in [3.8, 4) is 0 Å². The summed E-state index contributed by atoms with van der Waals surface area (Å²) >= 11 is 0. The van der Waals surface area contributed by atoms with Crippen LogP contribution in [0.2, 0.25) is 0 Å². The zero-order valence-corrected chi connectivity index (χ0v) is 13.4. The molecular formula is C17H21N3O3. The van der Waals surface area contributed by atoms with Crippen LogP contribution in [0.3, 0.4) is 0 Å². The van der Waals surface area contributed by atoms with Gasteiger partial charge in [0.15, 0.2) is 0 Å². The molecule has 0 fully saturated rings. The van der Waals surface area contributed by atoms with E-state index < -0.39 is 6.04 Å². The highest BCUT2D eigenvalue weighted by Crippen LogP contribution is 2.22. The van der Waals surface area contributed by atoms with Gasteiger partial charge in [0.25, 0.3) is 0 Å². The van der Waals surface area contributed by atoms with E-state index in [2.05, 4.69) is 11.9 Å². The lowest BCUT2D eigenvalue weighted by atomic mass is 10.1. The largest absolute Gasteiger partial charge is 0.343 e. The lowest BCUT2D eigenvalue weighted by Crippen LogP contribution is -2.48. The topological polar surface area (TPSA) is 69.7 Å². The Kier molecular flexibility index (Phi) is 5.16. The average Bonchev–Trinajstić information content (AvgIpc) is 2.96. The maximum atomic E-state index is 12.4. The van der Waals surface area contributed by atoms with Gasteiger partial charge in [0.2, 0.25) is 17.7 Å². The maximum Gasteiger partial charge on any atom is 0.246 e. The van der Waals surface area contributed by atoms with E-state index in [0.29, 0.717) is 13.1 Å². The van der Waals surface area contributed by atoms with Crippen LogP contribution in [-0.4, -0.2) is 47.2 Å². The first-order valence-corrected chi connectivity index (χ1v) is 7.45. The quantitative estimate of drug-likeness (QED) is 0.812. The van der Waals surface area contributed by atoms with Crippen LogP contribution in [0.15, 0.2) is 36.9 Å². The summed E-state index contributed by atoms with van der Waals surface area (Å²) in [6.07, 6.45) is 1.14. The number of nitrogens with one attached hydrogen (secondary N) is 1. The molecule has 1 aliphatic rings. The molecule has 0 bridgehead atoms. The second-order valence-electron chi connectivity index (χ2n) is 5.65. The second-order valence-corrected chi connectivity index (χ2v) is 5.65. The maximum absolute atomic E-state index is 12.4. The number of nitrogens with zero attached hydrogens (tertiary/aromatic N) is 2. The zero-order chi connectivity index (χ0) is 17.0. The highest BCUT2D eigenvalue weighted by atomic mass is 16.2. The van der Waals surface area contributed by atoms with E-state index in [-0.39, 0.29) is 24.3 Å². The minimum Gasteiger partial charge on any atom is -0.343 e. The molecule has 0 radical (unpaired) electrons. The molecule has 1 atom stereocenters. The van der Waals surface area contributed by atoms with Gasteiger partial charge in [-0.25, -0.2) is 0 Å². The van der Waals surface area contributed by atoms with E-state index >= 15 is 0 Å². The van der Waals surface area contributed by atoms with E-state index in [0.717, 1.165) is 17.2 Å². The summed E-state index contributed by atoms with van der Waals surface area (Å²) < 4.78 is 0. The van der Waals surface area contributed by atoms with Crippen molar-refractivity contribution < 1.29 is 14.4 Å². The van der Waals surface area contributed by atoms with Gasteiger partial charge in [-0.3, -0.25) is 14.4 Å². The van der Waals surface area contributed by atoms with Crippen LogP contribution in [0.1, 0.15) is 18.1 Å². The molecule has 0 spiro atoms. The molecule has 2 rings (SSSR count). The van der Waals surface area contributed by atoms with Gasteiger partial charge >= 0.3 is 0 Å². The van der Waals surface area contributed by atoms with Crippen LogP contribution < -0.4 is 5.32 Å². The lowest BCUT2D eigenvalue weighted by Gasteiger charge is -2.22. The van der Waals surface area contributed by atoms with Crippen molar-refractivity contribution in [2.75, 3.05) is 13.6 Å². The van der Waals surface area contributed by atoms with Crippen molar-refractivity contribution in [1.29, 1.82) is 0 Å². The fourth-order valence-corrected chi connectivity index (χ4v) is 2.56. The number of rotatable bonds is 5. The number of fused-ring (bicyclic) bond motifs is 1. The predicted molar refractivity (Wildman–Crippen MR) is 86.1 cm³/mol. The number of hydrogen-bond donors (Lipinski definition) is 1. The van der Waals surface area contributed by atoms with Crippen LogP contribution >= 0.6 is 0 Å². The lowest BCUT2D eigenvalue weighted by molar-refractivity contribution is -0.137. The Morgan fingerprint density at radius 3 is 2.39 bits per heavy atom. The summed E-state index contributed by atoms with van der Waals surface area (Å²) in [7, 11) is 1.51. The van der Waals surface area contributed by atoms with Gasteiger partial charge in [-0.15, -0.1) is 0 Å². The Bertz CT molecular complexity index is 617. The first kappa shape index (κ1) is 16.7. The second kappa shape index (κ2) is 7.09. The molecule has 0 unspecified atom stereocenters. The highest BCUT2D eigenvalue weighted by Gasteiger charge is 2.27. The van der Waals surface area contributed by atoms with E-state index in [1.54, 1.807) is 11.8 Å². The first-order valence-electron chi connectivity index (χ1n) is 7.45. The van der Waals surface area contributed by atoms with Crippen LogP contribution in [0.4, 0.5) is 0 Å². The molecule has 3 amide bonds. The van der Waals surface area contributed by atoms with Gasteiger partial charge < -0.3 is 15.1 Å². The smallest absolute Gasteiger partial charge is 0.246 e. The molecule has 1 aromatic carbocycles. The van der Waals surface area contributed by atoms with Crippen molar-refractivity contribution in [2.24, 2.45) is 0 Å². The fraction of sp³-hybridized carbons (Fsp3) is 0.353. The van der Waals surface area contributed by atoms with Crippen molar-refractivity contribution >= 4 is 17.7 Å². The van der Waals surface area contributed by atoms with Gasteiger partial charge in [-0.2, -0.15) is 0 Å². The average molecular weight is 315 g/mol.